The van der Waals surface area contributed by atoms with E-state index in [2.05, 4.69) is 13.0 Å². The Morgan fingerprint density at radius 2 is 2.21 bits per heavy atom. The molecule has 0 saturated heterocycles. The Kier molecular flexibility index (Phi) is 4.97. The van der Waals surface area contributed by atoms with E-state index in [0.29, 0.717) is 0 Å². The van der Waals surface area contributed by atoms with Crippen LogP contribution in [0.4, 0.5) is 0 Å². The van der Waals surface area contributed by atoms with E-state index in [4.69, 9.17) is 22.3 Å². The van der Waals surface area contributed by atoms with Crippen molar-refractivity contribution in [2.45, 2.75) is 39.2 Å². The topological polar surface area (TPSA) is 38.9 Å². The van der Waals surface area contributed by atoms with Gasteiger partial charge in [0.25, 0.3) is 0 Å². The number of aromatic nitrogens is 1. The second-order valence-corrected chi connectivity index (χ2v) is 6.32. The molecule has 1 unspecified atom stereocenters. The van der Waals surface area contributed by atoms with Gasteiger partial charge in [-0.25, -0.2) is 4.98 Å². The summed E-state index contributed by atoms with van der Waals surface area (Å²) in [5.41, 5.74) is 8.39. The average molecular weight is 295 g/mol. The van der Waals surface area contributed by atoms with E-state index in [-0.39, 0.29) is 6.04 Å². The summed E-state index contributed by atoms with van der Waals surface area (Å²) in [5, 5.41) is 1.90. The number of benzene rings is 1. The molecule has 0 spiro atoms. The fourth-order valence-electron chi connectivity index (χ4n) is 2.08. The Morgan fingerprint density at radius 1 is 1.42 bits per heavy atom. The predicted octanol–water partition coefficient (Wildman–Crippen LogP) is 4.36. The minimum atomic E-state index is 0.0622. The van der Waals surface area contributed by atoms with Crippen molar-refractivity contribution >= 4 is 22.9 Å². The van der Waals surface area contributed by atoms with Crippen molar-refractivity contribution in [2.75, 3.05) is 0 Å². The number of nitrogens with zero attached hydrogens (tertiary/aromatic N) is 1. The summed E-state index contributed by atoms with van der Waals surface area (Å²) in [6, 6.07) is 8.01. The Labute approximate surface area is 123 Å². The molecule has 2 nitrogen and oxygen atoms in total. The van der Waals surface area contributed by atoms with Crippen molar-refractivity contribution in [1.82, 2.24) is 4.98 Å². The van der Waals surface area contributed by atoms with Gasteiger partial charge >= 0.3 is 0 Å². The minimum Gasteiger partial charge on any atom is -0.323 e. The van der Waals surface area contributed by atoms with Gasteiger partial charge in [0.05, 0.1) is 10.7 Å². The van der Waals surface area contributed by atoms with E-state index in [1.807, 2.05) is 25.1 Å². The highest BCUT2D eigenvalue weighted by Crippen LogP contribution is 2.27. The van der Waals surface area contributed by atoms with Crippen LogP contribution in [0.25, 0.3) is 0 Å². The van der Waals surface area contributed by atoms with Gasteiger partial charge in [0.2, 0.25) is 0 Å². The molecule has 1 aromatic carbocycles. The molecular weight excluding hydrogens is 276 g/mol. The molecular formula is C15H19ClN2S. The Hall–Kier alpha value is -0.900. The molecule has 0 aliphatic rings. The van der Waals surface area contributed by atoms with Crippen molar-refractivity contribution < 1.29 is 0 Å². The Balaban J connectivity index is 2.23. The first kappa shape index (κ1) is 14.5. The zero-order valence-electron chi connectivity index (χ0n) is 11.3. The first-order valence-corrected chi connectivity index (χ1v) is 7.78. The van der Waals surface area contributed by atoms with Crippen LogP contribution < -0.4 is 5.73 Å². The molecule has 0 aliphatic carbocycles. The monoisotopic (exact) mass is 294 g/mol. The van der Waals surface area contributed by atoms with Crippen LogP contribution in [-0.2, 0) is 12.8 Å². The van der Waals surface area contributed by atoms with E-state index in [0.717, 1.165) is 29.3 Å². The molecule has 0 amide bonds. The van der Waals surface area contributed by atoms with Gasteiger partial charge in [0, 0.05) is 22.4 Å². The molecule has 0 bridgehead atoms. The third-order valence-electron chi connectivity index (χ3n) is 2.92. The summed E-state index contributed by atoms with van der Waals surface area (Å²) >= 11 is 7.74. The van der Waals surface area contributed by atoms with Crippen molar-refractivity contribution in [2.24, 2.45) is 5.73 Å². The molecule has 2 rings (SSSR count). The van der Waals surface area contributed by atoms with Crippen LogP contribution in [0.1, 0.15) is 47.5 Å². The Bertz CT molecular complexity index is 549. The molecule has 19 heavy (non-hydrogen) atoms. The normalized spacial score (nSPS) is 12.6. The van der Waals surface area contributed by atoms with E-state index < -0.39 is 0 Å². The number of aryl methyl sites for hydroxylation is 1. The van der Waals surface area contributed by atoms with Crippen LogP contribution in [0.2, 0.25) is 5.02 Å². The maximum atomic E-state index is 6.02. The van der Waals surface area contributed by atoms with Crippen LogP contribution in [0.3, 0.4) is 0 Å². The zero-order chi connectivity index (χ0) is 13.8. The predicted molar refractivity (Wildman–Crippen MR) is 83.0 cm³/mol. The summed E-state index contributed by atoms with van der Waals surface area (Å²) < 4.78 is 0. The number of hydrogen-bond acceptors (Lipinski definition) is 3. The lowest BCUT2D eigenvalue weighted by Crippen LogP contribution is -2.05. The maximum absolute atomic E-state index is 6.02. The fraction of sp³-hybridized carbons (Fsp3) is 0.400. The minimum absolute atomic E-state index is 0.0622. The molecule has 0 aliphatic heterocycles. The molecule has 0 radical (unpaired) electrons. The molecule has 4 heteroatoms. The van der Waals surface area contributed by atoms with Crippen molar-refractivity contribution in [3.8, 4) is 0 Å². The third kappa shape index (κ3) is 3.78. The summed E-state index contributed by atoms with van der Waals surface area (Å²) in [5.74, 6) is 0. The molecule has 1 aromatic heterocycles. The van der Waals surface area contributed by atoms with Gasteiger partial charge in [0.15, 0.2) is 0 Å². The molecule has 0 saturated carbocycles. The average Bonchev–Trinajstić information content (AvgIpc) is 2.73. The van der Waals surface area contributed by atoms with Gasteiger partial charge < -0.3 is 5.73 Å². The largest absolute Gasteiger partial charge is 0.323 e. The van der Waals surface area contributed by atoms with Gasteiger partial charge in [-0.05, 0) is 31.0 Å². The summed E-state index contributed by atoms with van der Waals surface area (Å²) in [7, 11) is 0. The summed E-state index contributed by atoms with van der Waals surface area (Å²) in [6.07, 6.45) is 2.93. The second kappa shape index (κ2) is 6.51. The summed E-state index contributed by atoms with van der Waals surface area (Å²) in [6.45, 7) is 4.19. The number of thiazole rings is 1. The number of rotatable bonds is 5. The summed E-state index contributed by atoms with van der Waals surface area (Å²) in [4.78, 5) is 5.96. The van der Waals surface area contributed by atoms with Crippen LogP contribution in [0.15, 0.2) is 24.3 Å². The first-order chi connectivity index (χ1) is 9.10. The second-order valence-electron chi connectivity index (χ2n) is 4.76. The lowest BCUT2D eigenvalue weighted by Gasteiger charge is -2.03. The maximum Gasteiger partial charge on any atom is 0.0975 e. The highest BCUT2D eigenvalue weighted by atomic mass is 35.5. The first-order valence-electron chi connectivity index (χ1n) is 6.58. The van der Waals surface area contributed by atoms with Gasteiger partial charge in [-0.3, -0.25) is 0 Å². The number of hydrogen-bond donors (Lipinski definition) is 1. The van der Waals surface area contributed by atoms with Crippen molar-refractivity contribution in [3.63, 3.8) is 0 Å². The Morgan fingerprint density at radius 3 is 2.84 bits per heavy atom. The highest BCUT2D eigenvalue weighted by Gasteiger charge is 2.14. The molecule has 0 fully saturated rings. The molecule has 102 valence electrons. The van der Waals surface area contributed by atoms with Gasteiger partial charge in [-0.15, -0.1) is 11.3 Å². The lowest BCUT2D eigenvalue weighted by molar-refractivity contribution is 0.791. The standard InChI is InChI=1S/C15H19ClN2S/c1-3-5-13-15(10(2)17)19-14(18-13)9-11-6-4-7-12(16)8-11/h4,6-8,10H,3,5,9,17H2,1-2H3. The van der Waals surface area contributed by atoms with E-state index in [1.165, 1.54) is 16.1 Å². The number of halogens is 1. The zero-order valence-corrected chi connectivity index (χ0v) is 12.9. The van der Waals surface area contributed by atoms with E-state index >= 15 is 0 Å². The fourth-order valence-corrected chi connectivity index (χ4v) is 3.40. The highest BCUT2D eigenvalue weighted by molar-refractivity contribution is 7.11. The quantitative estimate of drug-likeness (QED) is 0.890. The van der Waals surface area contributed by atoms with Gasteiger partial charge in [-0.1, -0.05) is 37.1 Å². The lowest BCUT2D eigenvalue weighted by atomic mass is 10.1. The van der Waals surface area contributed by atoms with Crippen molar-refractivity contribution in [3.05, 3.63) is 50.4 Å². The van der Waals surface area contributed by atoms with Crippen LogP contribution >= 0.6 is 22.9 Å². The number of nitrogens with two attached hydrogens (primary N) is 1. The van der Waals surface area contributed by atoms with E-state index in [1.54, 1.807) is 11.3 Å². The van der Waals surface area contributed by atoms with Crippen LogP contribution in [-0.4, -0.2) is 4.98 Å². The van der Waals surface area contributed by atoms with E-state index in [9.17, 15) is 0 Å². The SMILES string of the molecule is CCCc1nc(Cc2cccc(Cl)c2)sc1C(C)N. The molecule has 2 N–H and O–H groups in total. The molecule has 1 heterocycles. The van der Waals surface area contributed by atoms with Crippen LogP contribution in [0.5, 0.6) is 0 Å². The molecule has 2 aromatic rings. The van der Waals surface area contributed by atoms with Crippen molar-refractivity contribution in [1.29, 1.82) is 0 Å². The smallest absolute Gasteiger partial charge is 0.0975 e. The van der Waals surface area contributed by atoms with Gasteiger partial charge in [-0.2, -0.15) is 0 Å². The third-order valence-corrected chi connectivity index (χ3v) is 4.45. The van der Waals surface area contributed by atoms with Gasteiger partial charge in [0.1, 0.15) is 0 Å². The molecule has 1 atom stereocenters. The van der Waals surface area contributed by atoms with Crippen LogP contribution in [0, 0.1) is 0 Å².